The fraction of sp³-hybridized carbons (Fsp3) is 0.700. The smallest absolute Gasteiger partial charge is 0.0294 e. The molecule has 1 aromatic carbocycles. The van der Waals surface area contributed by atoms with E-state index in [-0.39, 0.29) is 0 Å². The SMILES string of the molecule is C[C@H](N[C@@H](C)C1C2CC3CC(C2)CC1C3)c1ccccc1. The van der Waals surface area contributed by atoms with Gasteiger partial charge in [-0.2, -0.15) is 0 Å². The molecule has 0 unspecified atom stereocenters. The Morgan fingerprint density at radius 2 is 1.43 bits per heavy atom. The van der Waals surface area contributed by atoms with Crippen LogP contribution in [0.15, 0.2) is 30.3 Å². The summed E-state index contributed by atoms with van der Waals surface area (Å²) in [6, 6.07) is 12.1. The quantitative estimate of drug-likeness (QED) is 0.837. The minimum absolute atomic E-state index is 0.471. The van der Waals surface area contributed by atoms with Crippen LogP contribution in [-0.2, 0) is 0 Å². The van der Waals surface area contributed by atoms with Crippen molar-refractivity contribution in [1.29, 1.82) is 0 Å². The van der Waals surface area contributed by atoms with Crippen molar-refractivity contribution in [3.05, 3.63) is 35.9 Å². The highest BCUT2D eigenvalue weighted by atomic mass is 15.0. The van der Waals surface area contributed by atoms with Gasteiger partial charge in [-0.1, -0.05) is 30.3 Å². The molecule has 4 aliphatic rings. The Morgan fingerprint density at radius 1 is 0.857 bits per heavy atom. The second-order valence-electron chi connectivity index (χ2n) is 8.10. The van der Waals surface area contributed by atoms with Gasteiger partial charge in [0.25, 0.3) is 0 Å². The van der Waals surface area contributed by atoms with Gasteiger partial charge in [0.2, 0.25) is 0 Å². The summed E-state index contributed by atoms with van der Waals surface area (Å²) in [4.78, 5) is 0. The first-order valence-corrected chi connectivity index (χ1v) is 9.01. The van der Waals surface area contributed by atoms with E-state index in [0.29, 0.717) is 12.1 Å². The van der Waals surface area contributed by atoms with Crippen LogP contribution in [0.25, 0.3) is 0 Å². The standard InChI is InChI=1S/C20H29N/c1-13(17-6-4-3-5-7-17)21-14(2)20-18-9-15-8-16(11-18)12-19(20)10-15/h3-7,13-16,18-21H,8-12H2,1-2H3/t13-,14-,15?,16?,18?,19?,20?/m0/s1. The molecule has 4 bridgehead atoms. The second kappa shape index (κ2) is 5.43. The van der Waals surface area contributed by atoms with Crippen molar-refractivity contribution in [2.75, 3.05) is 0 Å². The van der Waals surface area contributed by atoms with E-state index in [0.717, 1.165) is 29.6 Å². The largest absolute Gasteiger partial charge is 0.307 e. The van der Waals surface area contributed by atoms with Gasteiger partial charge in [0, 0.05) is 12.1 Å². The molecule has 1 aromatic rings. The average molecular weight is 283 g/mol. The van der Waals surface area contributed by atoms with E-state index in [9.17, 15) is 0 Å². The molecule has 1 heteroatoms. The molecule has 0 aromatic heterocycles. The van der Waals surface area contributed by atoms with Gasteiger partial charge in [-0.15, -0.1) is 0 Å². The summed E-state index contributed by atoms with van der Waals surface area (Å²) in [5, 5.41) is 3.92. The van der Waals surface area contributed by atoms with Gasteiger partial charge in [-0.25, -0.2) is 0 Å². The molecule has 4 fully saturated rings. The first-order valence-electron chi connectivity index (χ1n) is 9.01. The predicted molar refractivity (Wildman–Crippen MR) is 88.0 cm³/mol. The fourth-order valence-electron chi connectivity index (χ4n) is 6.13. The highest BCUT2D eigenvalue weighted by molar-refractivity contribution is 5.18. The van der Waals surface area contributed by atoms with Gasteiger partial charge in [-0.3, -0.25) is 0 Å². The van der Waals surface area contributed by atoms with E-state index in [1.165, 1.54) is 31.2 Å². The van der Waals surface area contributed by atoms with E-state index in [1.54, 1.807) is 6.42 Å². The van der Waals surface area contributed by atoms with Crippen LogP contribution in [0, 0.1) is 29.6 Å². The molecule has 0 radical (unpaired) electrons. The van der Waals surface area contributed by atoms with Crippen LogP contribution in [0.2, 0.25) is 0 Å². The second-order valence-corrected chi connectivity index (χ2v) is 8.10. The Kier molecular flexibility index (Phi) is 3.57. The molecule has 1 N–H and O–H groups in total. The minimum Gasteiger partial charge on any atom is -0.307 e. The Bertz CT molecular complexity index is 452. The molecule has 5 rings (SSSR count). The maximum atomic E-state index is 3.92. The summed E-state index contributed by atoms with van der Waals surface area (Å²) >= 11 is 0. The molecule has 4 saturated carbocycles. The molecule has 0 saturated heterocycles. The first-order chi connectivity index (χ1) is 10.2. The van der Waals surface area contributed by atoms with E-state index in [1.807, 2.05) is 0 Å². The zero-order chi connectivity index (χ0) is 14.4. The van der Waals surface area contributed by atoms with Gasteiger partial charge < -0.3 is 5.32 Å². The van der Waals surface area contributed by atoms with Crippen molar-refractivity contribution in [2.45, 2.75) is 58.0 Å². The van der Waals surface area contributed by atoms with Gasteiger partial charge in [0.1, 0.15) is 0 Å². The first kappa shape index (κ1) is 13.8. The van der Waals surface area contributed by atoms with Crippen LogP contribution >= 0.6 is 0 Å². The predicted octanol–water partition coefficient (Wildman–Crippen LogP) is 4.80. The maximum Gasteiger partial charge on any atom is 0.0294 e. The summed E-state index contributed by atoms with van der Waals surface area (Å²) in [6.07, 6.45) is 7.68. The molecule has 0 amide bonds. The summed E-state index contributed by atoms with van der Waals surface area (Å²) in [5.41, 5.74) is 1.42. The number of hydrogen-bond donors (Lipinski definition) is 1. The summed E-state index contributed by atoms with van der Waals surface area (Å²) in [7, 11) is 0. The molecule has 0 heterocycles. The minimum atomic E-state index is 0.471. The van der Waals surface area contributed by atoms with Crippen molar-refractivity contribution >= 4 is 0 Å². The summed E-state index contributed by atoms with van der Waals surface area (Å²) in [6.45, 7) is 4.77. The van der Waals surface area contributed by atoms with Gasteiger partial charge in [-0.05, 0) is 81.1 Å². The molecular formula is C20H29N. The molecule has 1 nitrogen and oxygen atoms in total. The van der Waals surface area contributed by atoms with E-state index < -0.39 is 0 Å². The Hall–Kier alpha value is -0.820. The molecule has 0 aliphatic heterocycles. The fourth-order valence-corrected chi connectivity index (χ4v) is 6.13. The van der Waals surface area contributed by atoms with E-state index >= 15 is 0 Å². The number of hydrogen-bond acceptors (Lipinski definition) is 1. The lowest BCUT2D eigenvalue weighted by atomic mass is 9.50. The van der Waals surface area contributed by atoms with Crippen LogP contribution < -0.4 is 5.32 Å². The molecule has 4 aliphatic carbocycles. The molecule has 0 spiro atoms. The monoisotopic (exact) mass is 283 g/mol. The molecular weight excluding hydrogens is 254 g/mol. The van der Waals surface area contributed by atoms with E-state index in [2.05, 4.69) is 49.5 Å². The third-order valence-corrected chi connectivity index (χ3v) is 6.69. The molecule has 114 valence electrons. The molecule has 21 heavy (non-hydrogen) atoms. The highest BCUT2D eigenvalue weighted by Crippen LogP contribution is 2.57. The van der Waals surface area contributed by atoms with Gasteiger partial charge in [0.15, 0.2) is 0 Å². The number of benzene rings is 1. The Morgan fingerprint density at radius 3 is 2.00 bits per heavy atom. The highest BCUT2D eigenvalue weighted by Gasteiger charge is 2.49. The topological polar surface area (TPSA) is 12.0 Å². The normalized spacial score (nSPS) is 40.2. The zero-order valence-electron chi connectivity index (χ0n) is 13.5. The lowest BCUT2D eigenvalue weighted by molar-refractivity contribution is -0.0504. The van der Waals surface area contributed by atoms with Crippen molar-refractivity contribution in [2.24, 2.45) is 29.6 Å². The van der Waals surface area contributed by atoms with Crippen LogP contribution in [0.4, 0.5) is 0 Å². The third-order valence-electron chi connectivity index (χ3n) is 6.69. The van der Waals surface area contributed by atoms with Crippen molar-refractivity contribution in [3.63, 3.8) is 0 Å². The van der Waals surface area contributed by atoms with Crippen molar-refractivity contribution in [1.82, 2.24) is 5.32 Å². The van der Waals surface area contributed by atoms with Crippen LogP contribution in [-0.4, -0.2) is 6.04 Å². The summed E-state index contributed by atoms with van der Waals surface area (Å²) < 4.78 is 0. The molecule has 2 atom stereocenters. The van der Waals surface area contributed by atoms with Crippen molar-refractivity contribution < 1.29 is 0 Å². The number of nitrogens with one attached hydrogen (secondary N) is 1. The Balaban J connectivity index is 1.44. The lowest BCUT2D eigenvalue weighted by Gasteiger charge is -2.56. The lowest BCUT2D eigenvalue weighted by Crippen LogP contribution is -2.52. The average Bonchev–Trinajstić information content (AvgIpc) is 2.47. The van der Waals surface area contributed by atoms with Gasteiger partial charge >= 0.3 is 0 Å². The summed E-state index contributed by atoms with van der Waals surface area (Å²) in [5.74, 6) is 5.15. The van der Waals surface area contributed by atoms with Crippen LogP contribution in [0.1, 0.15) is 57.6 Å². The van der Waals surface area contributed by atoms with Crippen LogP contribution in [0.3, 0.4) is 0 Å². The maximum absolute atomic E-state index is 3.92. The Labute approximate surface area is 129 Å². The van der Waals surface area contributed by atoms with Gasteiger partial charge in [0.05, 0.1) is 0 Å². The third kappa shape index (κ3) is 2.54. The van der Waals surface area contributed by atoms with Crippen LogP contribution in [0.5, 0.6) is 0 Å². The zero-order valence-corrected chi connectivity index (χ0v) is 13.5. The van der Waals surface area contributed by atoms with E-state index in [4.69, 9.17) is 0 Å². The number of rotatable bonds is 4. The van der Waals surface area contributed by atoms with Crippen molar-refractivity contribution in [3.8, 4) is 0 Å².